The molecule has 0 aliphatic rings. The van der Waals surface area contributed by atoms with Gasteiger partial charge in [-0.3, -0.25) is 0 Å². The summed E-state index contributed by atoms with van der Waals surface area (Å²) in [5.41, 5.74) is 0. The topological polar surface area (TPSA) is 29.5 Å². The van der Waals surface area contributed by atoms with Crippen molar-refractivity contribution in [3.05, 3.63) is 0 Å². The zero-order chi connectivity index (χ0) is 7.82. The quantitative estimate of drug-likeness (QED) is 0.454. The lowest BCUT2D eigenvalue weighted by Gasteiger charge is -2.07. The Kier molecular flexibility index (Phi) is 7.58. The van der Waals surface area contributed by atoms with Gasteiger partial charge in [0.05, 0.1) is 12.7 Å². The fraction of sp³-hybridized carbons (Fsp3) is 1.00. The van der Waals surface area contributed by atoms with E-state index in [4.69, 9.17) is 9.84 Å². The van der Waals surface area contributed by atoms with Gasteiger partial charge in [0, 0.05) is 6.61 Å². The van der Waals surface area contributed by atoms with Crippen LogP contribution in [0.2, 0.25) is 0 Å². The van der Waals surface area contributed by atoms with Crippen LogP contribution >= 0.6 is 12.6 Å². The van der Waals surface area contributed by atoms with Gasteiger partial charge in [0.25, 0.3) is 0 Å². The van der Waals surface area contributed by atoms with Gasteiger partial charge in [-0.2, -0.15) is 12.6 Å². The van der Waals surface area contributed by atoms with Crippen molar-refractivity contribution in [2.75, 3.05) is 19.0 Å². The Morgan fingerprint density at radius 1 is 1.60 bits per heavy atom. The molecule has 10 heavy (non-hydrogen) atoms. The van der Waals surface area contributed by atoms with Gasteiger partial charge in [0.15, 0.2) is 0 Å². The first-order valence-corrected chi connectivity index (χ1v) is 4.31. The maximum atomic E-state index is 9.01. The Balaban J connectivity index is 2.89. The van der Waals surface area contributed by atoms with Crippen LogP contribution in [0.3, 0.4) is 0 Å². The summed E-state index contributed by atoms with van der Waals surface area (Å²) in [5, 5.41) is 9.01. The van der Waals surface area contributed by atoms with Gasteiger partial charge < -0.3 is 9.84 Å². The van der Waals surface area contributed by atoms with Crippen LogP contribution in [0.15, 0.2) is 0 Å². The second-order valence-electron chi connectivity index (χ2n) is 2.21. The molecule has 1 unspecified atom stereocenters. The minimum Gasteiger partial charge on any atom is -0.391 e. The summed E-state index contributed by atoms with van der Waals surface area (Å²) in [4.78, 5) is 0. The predicted octanol–water partition coefficient (Wildman–Crippen LogP) is 1.09. The molecular weight excluding hydrogens is 148 g/mol. The van der Waals surface area contributed by atoms with E-state index in [1.54, 1.807) is 0 Å². The summed E-state index contributed by atoms with van der Waals surface area (Å²) in [6.07, 6.45) is 1.43. The largest absolute Gasteiger partial charge is 0.391 e. The minimum atomic E-state index is -0.292. The predicted molar refractivity (Wildman–Crippen MR) is 45.6 cm³/mol. The molecule has 0 aromatic carbocycles. The van der Waals surface area contributed by atoms with E-state index in [1.807, 2.05) is 6.92 Å². The van der Waals surface area contributed by atoms with Crippen molar-refractivity contribution in [1.29, 1.82) is 0 Å². The first-order chi connectivity index (χ1) is 4.81. The molecule has 62 valence electrons. The standard InChI is InChI=1S/C7H16O2S/c1-2-7(8)6-9-4-3-5-10/h7-8,10H,2-6H2,1H3. The highest BCUT2D eigenvalue weighted by molar-refractivity contribution is 7.80. The average Bonchev–Trinajstić information content (AvgIpc) is 1.98. The summed E-state index contributed by atoms with van der Waals surface area (Å²) >= 11 is 4.03. The van der Waals surface area contributed by atoms with Gasteiger partial charge >= 0.3 is 0 Å². The smallest absolute Gasteiger partial charge is 0.0771 e. The lowest BCUT2D eigenvalue weighted by Crippen LogP contribution is -2.14. The second-order valence-corrected chi connectivity index (χ2v) is 2.66. The molecule has 0 bridgehead atoms. The monoisotopic (exact) mass is 164 g/mol. The summed E-state index contributed by atoms with van der Waals surface area (Å²) in [6.45, 7) is 3.11. The maximum absolute atomic E-state index is 9.01. The van der Waals surface area contributed by atoms with E-state index in [-0.39, 0.29) is 6.10 Å². The van der Waals surface area contributed by atoms with Crippen molar-refractivity contribution >= 4 is 12.6 Å². The number of hydrogen-bond donors (Lipinski definition) is 2. The molecule has 0 aromatic heterocycles. The van der Waals surface area contributed by atoms with Crippen LogP contribution in [0.1, 0.15) is 19.8 Å². The number of thiol groups is 1. The molecule has 0 aromatic rings. The van der Waals surface area contributed by atoms with Crippen molar-refractivity contribution in [3.63, 3.8) is 0 Å². The van der Waals surface area contributed by atoms with E-state index in [9.17, 15) is 0 Å². The zero-order valence-corrected chi connectivity index (χ0v) is 7.31. The van der Waals surface area contributed by atoms with Gasteiger partial charge in [0.1, 0.15) is 0 Å². The SMILES string of the molecule is CCC(O)COCCCS. The van der Waals surface area contributed by atoms with Crippen LogP contribution in [-0.2, 0) is 4.74 Å². The summed E-state index contributed by atoms with van der Waals surface area (Å²) in [7, 11) is 0. The van der Waals surface area contributed by atoms with Crippen molar-refractivity contribution in [1.82, 2.24) is 0 Å². The molecule has 0 rings (SSSR count). The molecular formula is C7H16O2S. The van der Waals surface area contributed by atoms with Gasteiger partial charge in [-0.25, -0.2) is 0 Å². The zero-order valence-electron chi connectivity index (χ0n) is 6.42. The highest BCUT2D eigenvalue weighted by atomic mass is 32.1. The molecule has 0 amide bonds. The third-order valence-corrected chi connectivity index (χ3v) is 1.54. The molecule has 1 N–H and O–H groups in total. The van der Waals surface area contributed by atoms with Crippen LogP contribution in [0.5, 0.6) is 0 Å². The number of ether oxygens (including phenoxy) is 1. The summed E-state index contributed by atoms with van der Waals surface area (Å²) in [5.74, 6) is 0.849. The molecule has 1 atom stereocenters. The van der Waals surface area contributed by atoms with E-state index < -0.39 is 0 Å². The minimum absolute atomic E-state index is 0.292. The molecule has 0 saturated carbocycles. The average molecular weight is 164 g/mol. The van der Waals surface area contributed by atoms with Gasteiger partial charge in [-0.15, -0.1) is 0 Å². The highest BCUT2D eigenvalue weighted by Crippen LogP contribution is 1.92. The lowest BCUT2D eigenvalue weighted by molar-refractivity contribution is 0.0357. The highest BCUT2D eigenvalue weighted by Gasteiger charge is 1.98. The van der Waals surface area contributed by atoms with Crippen LogP contribution < -0.4 is 0 Å². The summed E-state index contributed by atoms with van der Waals surface area (Å²) < 4.78 is 5.13. The second kappa shape index (κ2) is 7.38. The molecule has 0 aliphatic heterocycles. The fourth-order valence-corrected chi connectivity index (χ4v) is 0.633. The molecule has 0 spiro atoms. The van der Waals surface area contributed by atoms with Crippen molar-refractivity contribution in [2.24, 2.45) is 0 Å². The van der Waals surface area contributed by atoms with E-state index >= 15 is 0 Å². The van der Waals surface area contributed by atoms with E-state index in [0.717, 1.165) is 18.6 Å². The number of rotatable bonds is 6. The fourth-order valence-electron chi connectivity index (χ4n) is 0.504. The Hall–Kier alpha value is 0.270. The van der Waals surface area contributed by atoms with E-state index in [1.165, 1.54) is 0 Å². The van der Waals surface area contributed by atoms with Gasteiger partial charge in [-0.05, 0) is 18.6 Å². The third-order valence-electron chi connectivity index (χ3n) is 1.23. The summed E-state index contributed by atoms with van der Waals surface area (Å²) in [6, 6.07) is 0. The number of aliphatic hydroxyl groups is 1. The first kappa shape index (κ1) is 10.3. The normalized spacial score (nSPS) is 13.5. The Morgan fingerprint density at radius 3 is 2.80 bits per heavy atom. The number of aliphatic hydroxyl groups excluding tert-OH is 1. The van der Waals surface area contributed by atoms with Crippen LogP contribution in [0, 0.1) is 0 Å². The van der Waals surface area contributed by atoms with Gasteiger partial charge in [-0.1, -0.05) is 6.92 Å². The van der Waals surface area contributed by atoms with Crippen molar-refractivity contribution in [3.8, 4) is 0 Å². The van der Waals surface area contributed by atoms with Crippen molar-refractivity contribution < 1.29 is 9.84 Å². The van der Waals surface area contributed by atoms with Crippen LogP contribution in [0.4, 0.5) is 0 Å². The molecule has 3 heteroatoms. The Labute approximate surface area is 68.0 Å². The number of hydrogen-bond acceptors (Lipinski definition) is 3. The molecule has 0 saturated heterocycles. The van der Waals surface area contributed by atoms with Gasteiger partial charge in [0.2, 0.25) is 0 Å². The molecule has 0 radical (unpaired) electrons. The van der Waals surface area contributed by atoms with Crippen LogP contribution in [-0.4, -0.2) is 30.2 Å². The lowest BCUT2D eigenvalue weighted by atomic mass is 10.3. The van der Waals surface area contributed by atoms with E-state index in [0.29, 0.717) is 13.2 Å². The molecule has 0 heterocycles. The Bertz CT molecular complexity index is 68.6. The molecule has 2 nitrogen and oxygen atoms in total. The maximum Gasteiger partial charge on any atom is 0.0771 e. The van der Waals surface area contributed by atoms with Crippen molar-refractivity contribution in [2.45, 2.75) is 25.9 Å². The first-order valence-electron chi connectivity index (χ1n) is 3.68. The van der Waals surface area contributed by atoms with Crippen LogP contribution in [0.25, 0.3) is 0 Å². The van der Waals surface area contributed by atoms with E-state index in [2.05, 4.69) is 12.6 Å². The Morgan fingerprint density at radius 2 is 2.30 bits per heavy atom. The molecule has 0 aliphatic carbocycles. The third kappa shape index (κ3) is 6.39. The molecule has 0 fully saturated rings.